The van der Waals surface area contributed by atoms with Gasteiger partial charge in [-0.1, -0.05) is 15.9 Å². The van der Waals surface area contributed by atoms with Crippen LogP contribution in [-0.2, 0) is 16.0 Å². The van der Waals surface area contributed by atoms with E-state index in [-0.39, 0.29) is 0 Å². The molecule has 1 aromatic carbocycles. The third-order valence-electron chi connectivity index (χ3n) is 3.09. The molecule has 1 rings (SSSR count). The zero-order valence-corrected chi connectivity index (χ0v) is 14.2. The van der Waals surface area contributed by atoms with E-state index in [1.54, 1.807) is 14.2 Å². The third-order valence-corrected chi connectivity index (χ3v) is 3.59. The molecule has 1 N–H and O–H groups in total. The van der Waals surface area contributed by atoms with Crippen LogP contribution in [-0.4, -0.2) is 47.6 Å². The van der Waals surface area contributed by atoms with Gasteiger partial charge >= 0.3 is 0 Å². The molecule has 20 heavy (non-hydrogen) atoms. The lowest BCUT2D eigenvalue weighted by Gasteiger charge is -2.23. The van der Waals surface area contributed by atoms with Crippen molar-refractivity contribution in [2.75, 3.05) is 52.5 Å². The highest BCUT2D eigenvalue weighted by Gasteiger charge is 2.08. The Kier molecular flexibility index (Phi) is 8.85. The van der Waals surface area contributed by atoms with Crippen molar-refractivity contribution in [2.45, 2.75) is 13.0 Å². The molecule has 0 saturated carbocycles. The highest BCUT2D eigenvalue weighted by Crippen LogP contribution is 2.24. The minimum atomic E-state index is 0.729. The molecule has 0 aliphatic heterocycles. The van der Waals surface area contributed by atoms with Crippen LogP contribution in [0, 0.1) is 0 Å². The maximum atomic E-state index is 5.11. The predicted molar refractivity (Wildman–Crippen MR) is 87.5 cm³/mol. The summed E-state index contributed by atoms with van der Waals surface area (Å²) in [5.41, 5.74) is 2.55. The standard InChI is InChI=1S/C15H25BrN2O2/c1-18(8-4-9-19-2)15-6-5-14(16)11-13(15)12-17-7-10-20-3/h5-6,11,17H,4,7-10,12H2,1-3H3. The number of ether oxygens (including phenoxy) is 2. The Hall–Kier alpha value is -0.620. The molecular formula is C15H25BrN2O2. The Labute approximate surface area is 130 Å². The van der Waals surface area contributed by atoms with E-state index in [2.05, 4.69) is 51.4 Å². The first kappa shape index (κ1) is 17.4. The summed E-state index contributed by atoms with van der Waals surface area (Å²) in [6, 6.07) is 6.41. The van der Waals surface area contributed by atoms with Crippen LogP contribution in [0.4, 0.5) is 5.69 Å². The average molecular weight is 345 g/mol. The molecule has 1 aromatic rings. The Morgan fingerprint density at radius 3 is 2.65 bits per heavy atom. The number of hydrogen-bond donors (Lipinski definition) is 1. The van der Waals surface area contributed by atoms with Gasteiger partial charge < -0.3 is 19.7 Å². The van der Waals surface area contributed by atoms with Crippen molar-refractivity contribution in [2.24, 2.45) is 0 Å². The van der Waals surface area contributed by atoms with Crippen LogP contribution >= 0.6 is 15.9 Å². The summed E-state index contributed by atoms with van der Waals surface area (Å²) in [4.78, 5) is 2.28. The molecule has 0 unspecified atom stereocenters. The first-order valence-corrected chi connectivity index (χ1v) is 7.66. The van der Waals surface area contributed by atoms with Gasteiger partial charge in [0.25, 0.3) is 0 Å². The fourth-order valence-corrected chi connectivity index (χ4v) is 2.44. The van der Waals surface area contributed by atoms with E-state index in [1.165, 1.54) is 11.3 Å². The van der Waals surface area contributed by atoms with Crippen molar-refractivity contribution < 1.29 is 9.47 Å². The second-order valence-corrected chi connectivity index (χ2v) is 5.63. The van der Waals surface area contributed by atoms with Gasteiger partial charge in [0.1, 0.15) is 0 Å². The summed E-state index contributed by atoms with van der Waals surface area (Å²) in [5.74, 6) is 0. The lowest BCUT2D eigenvalue weighted by atomic mass is 10.1. The second-order valence-electron chi connectivity index (χ2n) is 4.71. The van der Waals surface area contributed by atoms with Crippen molar-refractivity contribution in [3.63, 3.8) is 0 Å². The van der Waals surface area contributed by atoms with E-state index < -0.39 is 0 Å². The molecule has 0 aromatic heterocycles. The molecule has 0 heterocycles. The van der Waals surface area contributed by atoms with Gasteiger partial charge in [-0.25, -0.2) is 0 Å². The molecule has 0 aliphatic carbocycles. The zero-order chi connectivity index (χ0) is 14.8. The van der Waals surface area contributed by atoms with Gasteiger partial charge in [0, 0.05) is 57.7 Å². The number of methoxy groups -OCH3 is 2. The van der Waals surface area contributed by atoms with Crippen molar-refractivity contribution in [3.05, 3.63) is 28.2 Å². The maximum absolute atomic E-state index is 5.11. The van der Waals surface area contributed by atoms with Crippen LogP contribution in [0.5, 0.6) is 0 Å². The van der Waals surface area contributed by atoms with Crippen LogP contribution in [0.25, 0.3) is 0 Å². The van der Waals surface area contributed by atoms with Crippen molar-refractivity contribution >= 4 is 21.6 Å². The molecule has 0 aliphatic rings. The van der Waals surface area contributed by atoms with E-state index >= 15 is 0 Å². The quantitative estimate of drug-likeness (QED) is 0.661. The minimum absolute atomic E-state index is 0.729. The van der Waals surface area contributed by atoms with E-state index in [4.69, 9.17) is 9.47 Å². The number of nitrogens with one attached hydrogen (secondary N) is 1. The zero-order valence-electron chi connectivity index (χ0n) is 12.6. The first-order chi connectivity index (χ1) is 9.69. The number of hydrogen-bond acceptors (Lipinski definition) is 4. The number of rotatable bonds is 10. The van der Waals surface area contributed by atoms with Gasteiger partial charge in [0.2, 0.25) is 0 Å². The van der Waals surface area contributed by atoms with E-state index in [0.29, 0.717) is 0 Å². The summed E-state index contributed by atoms with van der Waals surface area (Å²) in [6.07, 6.45) is 1.03. The van der Waals surface area contributed by atoms with Crippen molar-refractivity contribution in [3.8, 4) is 0 Å². The van der Waals surface area contributed by atoms with Gasteiger partial charge in [-0.3, -0.25) is 0 Å². The molecule has 0 spiro atoms. The molecule has 5 heteroatoms. The minimum Gasteiger partial charge on any atom is -0.385 e. The summed E-state index contributed by atoms with van der Waals surface area (Å²) in [7, 11) is 5.58. The normalized spacial score (nSPS) is 10.8. The monoisotopic (exact) mass is 344 g/mol. The van der Waals surface area contributed by atoms with E-state index in [1.807, 2.05) is 0 Å². The largest absolute Gasteiger partial charge is 0.385 e. The van der Waals surface area contributed by atoms with Crippen LogP contribution in [0.2, 0.25) is 0 Å². The van der Waals surface area contributed by atoms with Gasteiger partial charge in [-0.05, 0) is 30.2 Å². The average Bonchev–Trinajstić information content (AvgIpc) is 2.44. The Balaban J connectivity index is 2.63. The SMILES string of the molecule is COCCCN(C)c1ccc(Br)cc1CNCCOC. The number of benzene rings is 1. The maximum Gasteiger partial charge on any atom is 0.0587 e. The first-order valence-electron chi connectivity index (χ1n) is 6.87. The van der Waals surface area contributed by atoms with Crippen LogP contribution in [0.1, 0.15) is 12.0 Å². The van der Waals surface area contributed by atoms with Gasteiger partial charge in [-0.2, -0.15) is 0 Å². The Morgan fingerprint density at radius 2 is 1.95 bits per heavy atom. The van der Waals surface area contributed by atoms with Crippen LogP contribution in [0.3, 0.4) is 0 Å². The third kappa shape index (κ3) is 6.22. The van der Waals surface area contributed by atoms with Crippen molar-refractivity contribution in [1.29, 1.82) is 0 Å². The van der Waals surface area contributed by atoms with Crippen molar-refractivity contribution in [1.82, 2.24) is 5.32 Å². The number of nitrogens with zero attached hydrogens (tertiary/aromatic N) is 1. The lowest BCUT2D eigenvalue weighted by molar-refractivity contribution is 0.196. The van der Waals surface area contributed by atoms with E-state index in [9.17, 15) is 0 Å². The molecule has 0 amide bonds. The highest BCUT2D eigenvalue weighted by atomic mass is 79.9. The summed E-state index contributed by atoms with van der Waals surface area (Å²) in [6.45, 7) is 4.21. The topological polar surface area (TPSA) is 33.7 Å². The predicted octanol–water partition coefficient (Wildman–Crippen LogP) is 2.66. The lowest BCUT2D eigenvalue weighted by Crippen LogP contribution is -2.24. The number of anilines is 1. The van der Waals surface area contributed by atoms with Crippen LogP contribution in [0.15, 0.2) is 22.7 Å². The van der Waals surface area contributed by atoms with E-state index in [0.717, 1.165) is 43.7 Å². The van der Waals surface area contributed by atoms with Gasteiger partial charge in [-0.15, -0.1) is 0 Å². The molecule has 0 fully saturated rings. The smallest absolute Gasteiger partial charge is 0.0587 e. The molecule has 0 saturated heterocycles. The molecule has 114 valence electrons. The molecule has 0 bridgehead atoms. The summed E-state index contributed by atoms with van der Waals surface area (Å²) < 4.78 is 11.3. The Bertz CT molecular complexity index is 388. The highest BCUT2D eigenvalue weighted by molar-refractivity contribution is 9.10. The molecule has 0 radical (unpaired) electrons. The molecular weight excluding hydrogens is 320 g/mol. The summed E-state index contributed by atoms with van der Waals surface area (Å²) in [5, 5.41) is 3.40. The molecule has 4 nitrogen and oxygen atoms in total. The second kappa shape index (κ2) is 10.2. The number of halogens is 1. The fraction of sp³-hybridized carbons (Fsp3) is 0.600. The fourth-order valence-electron chi connectivity index (χ4n) is 2.03. The Morgan fingerprint density at radius 1 is 1.20 bits per heavy atom. The van der Waals surface area contributed by atoms with Gasteiger partial charge in [0.15, 0.2) is 0 Å². The van der Waals surface area contributed by atoms with Crippen LogP contribution < -0.4 is 10.2 Å². The summed E-state index contributed by atoms with van der Waals surface area (Å²) >= 11 is 3.54. The molecule has 0 atom stereocenters. The van der Waals surface area contributed by atoms with Gasteiger partial charge in [0.05, 0.1) is 6.61 Å².